The molecular weight excluding hydrogens is 278 g/mol. The number of hydrogen-bond donors (Lipinski definition) is 1. The molecule has 1 aromatic carbocycles. The molecule has 1 unspecified atom stereocenters. The lowest BCUT2D eigenvalue weighted by atomic mass is 10.2. The highest BCUT2D eigenvalue weighted by atomic mass is 16.6. The van der Waals surface area contributed by atoms with Crippen LogP contribution in [0.25, 0.3) is 0 Å². The average Bonchev–Trinajstić information content (AvgIpc) is 2.49. The largest absolute Gasteiger partial charge is 0.490 e. The van der Waals surface area contributed by atoms with Gasteiger partial charge >= 0.3 is 0 Å². The fourth-order valence-corrected chi connectivity index (χ4v) is 1.57. The van der Waals surface area contributed by atoms with Gasteiger partial charge in [0.15, 0.2) is 6.29 Å². The van der Waals surface area contributed by atoms with Crippen LogP contribution in [-0.4, -0.2) is 42.2 Å². The van der Waals surface area contributed by atoms with Gasteiger partial charge in [0.25, 0.3) is 5.69 Å². The van der Waals surface area contributed by atoms with Crippen LogP contribution in [-0.2, 0) is 4.74 Å². The summed E-state index contributed by atoms with van der Waals surface area (Å²) >= 11 is 0. The van der Waals surface area contributed by atoms with Crippen molar-refractivity contribution in [1.29, 1.82) is 0 Å². The Morgan fingerprint density at radius 1 is 1.43 bits per heavy atom. The van der Waals surface area contributed by atoms with E-state index in [-0.39, 0.29) is 30.2 Å². The standard InChI is InChI=1S/C14H19NO6/c1-2-3-6-20-9-13(17)10-21-14-5-4-12(15(18)19)7-11(14)8-16/h4-5,7-8,13,17H,2-3,6,9-10H2,1H3. The first-order chi connectivity index (χ1) is 10.1. The Kier molecular flexibility index (Phi) is 7.34. The number of hydrogen-bond acceptors (Lipinski definition) is 6. The van der Waals surface area contributed by atoms with E-state index in [1.165, 1.54) is 12.1 Å². The van der Waals surface area contributed by atoms with Gasteiger partial charge in [-0.25, -0.2) is 0 Å². The molecule has 1 atom stereocenters. The molecule has 1 N–H and O–H groups in total. The second-order valence-electron chi connectivity index (χ2n) is 4.49. The summed E-state index contributed by atoms with van der Waals surface area (Å²) < 4.78 is 10.5. The fraction of sp³-hybridized carbons (Fsp3) is 0.500. The van der Waals surface area contributed by atoms with E-state index in [1.807, 2.05) is 6.92 Å². The van der Waals surface area contributed by atoms with Gasteiger partial charge in [-0.05, 0) is 12.5 Å². The zero-order valence-electron chi connectivity index (χ0n) is 11.9. The molecule has 0 saturated carbocycles. The highest BCUT2D eigenvalue weighted by molar-refractivity contribution is 5.80. The van der Waals surface area contributed by atoms with Crippen LogP contribution in [0.1, 0.15) is 30.1 Å². The summed E-state index contributed by atoms with van der Waals surface area (Å²) in [6.45, 7) is 2.71. The van der Waals surface area contributed by atoms with Gasteiger partial charge in [0, 0.05) is 18.7 Å². The van der Waals surface area contributed by atoms with Gasteiger partial charge in [-0.15, -0.1) is 0 Å². The van der Waals surface area contributed by atoms with E-state index in [1.54, 1.807) is 0 Å². The number of nitro benzene ring substituents is 1. The molecule has 1 aromatic rings. The van der Waals surface area contributed by atoms with Crippen LogP contribution >= 0.6 is 0 Å². The number of unbranched alkanes of at least 4 members (excludes halogenated alkanes) is 1. The third-order valence-corrected chi connectivity index (χ3v) is 2.71. The van der Waals surface area contributed by atoms with E-state index >= 15 is 0 Å². The van der Waals surface area contributed by atoms with Gasteiger partial charge in [-0.1, -0.05) is 13.3 Å². The van der Waals surface area contributed by atoms with Crippen molar-refractivity contribution in [2.45, 2.75) is 25.9 Å². The lowest BCUT2D eigenvalue weighted by molar-refractivity contribution is -0.384. The molecule has 7 heteroatoms. The minimum atomic E-state index is -0.823. The maximum absolute atomic E-state index is 10.9. The molecule has 0 amide bonds. The molecule has 21 heavy (non-hydrogen) atoms. The van der Waals surface area contributed by atoms with Crippen LogP contribution in [0, 0.1) is 10.1 Å². The summed E-state index contributed by atoms with van der Waals surface area (Å²) in [7, 11) is 0. The van der Waals surface area contributed by atoms with Crippen molar-refractivity contribution < 1.29 is 24.3 Å². The molecular formula is C14H19NO6. The normalized spacial score (nSPS) is 11.9. The van der Waals surface area contributed by atoms with Crippen molar-refractivity contribution in [3.63, 3.8) is 0 Å². The van der Waals surface area contributed by atoms with Gasteiger partial charge < -0.3 is 14.6 Å². The zero-order valence-corrected chi connectivity index (χ0v) is 11.9. The third kappa shape index (κ3) is 5.88. The molecule has 0 spiro atoms. The first-order valence-electron chi connectivity index (χ1n) is 6.70. The van der Waals surface area contributed by atoms with E-state index in [4.69, 9.17) is 9.47 Å². The molecule has 7 nitrogen and oxygen atoms in total. The van der Waals surface area contributed by atoms with Gasteiger partial charge in [-0.3, -0.25) is 14.9 Å². The van der Waals surface area contributed by atoms with Crippen LogP contribution in [0.2, 0.25) is 0 Å². The molecule has 0 radical (unpaired) electrons. The molecule has 0 heterocycles. The number of carbonyl (C=O) groups is 1. The molecule has 0 aliphatic heterocycles. The summed E-state index contributed by atoms with van der Waals surface area (Å²) in [4.78, 5) is 20.9. The Morgan fingerprint density at radius 3 is 2.81 bits per heavy atom. The first-order valence-corrected chi connectivity index (χ1v) is 6.70. The number of aliphatic hydroxyl groups is 1. The zero-order chi connectivity index (χ0) is 15.7. The van der Waals surface area contributed by atoms with Crippen molar-refractivity contribution in [3.05, 3.63) is 33.9 Å². The van der Waals surface area contributed by atoms with Crippen molar-refractivity contribution in [2.75, 3.05) is 19.8 Å². The van der Waals surface area contributed by atoms with Crippen LogP contribution in [0.4, 0.5) is 5.69 Å². The molecule has 0 saturated heterocycles. The Balaban J connectivity index is 2.51. The number of non-ortho nitro benzene ring substituents is 1. The van der Waals surface area contributed by atoms with E-state index in [2.05, 4.69) is 0 Å². The topological polar surface area (TPSA) is 98.9 Å². The molecule has 116 valence electrons. The third-order valence-electron chi connectivity index (χ3n) is 2.71. The SMILES string of the molecule is CCCCOCC(O)COc1ccc([N+](=O)[O-])cc1C=O. The average molecular weight is 297 g/mol. The van der Waals surface area contributed by atoms with Crippen molar-refractivity contribution in [1.82, 2.24) is 0 Å². The maximum atomic E-state index is 10.9. The van der Waals surface area contributed by atoms with E-state index in [9.17, 15) is 20.0 Å². The number of benzene rings is 1. The summed E-state index contributed by atoms with van der Waals surface area (Å²) in [6.07, 6.45) is 1.59. The molecule has 0 fully saturated rings. The van der Waals surface area contributed by atoms with Gasteiger partial charge in [0.2, 0.25) is 0 Å². The Morgan fingerprint density at radius 2 is 2.19 bits per heavy atom. The number of rotatable bonds is 10. The highest BCUT2D eigenvalue weighted by Gasteiger charge is 2.13. The minimum Gasteiger partial charge on any atom is -0.490 e. The molecule has 0 aromatic heterocycles. The van der Waals surface area contributed by atoms with Crippen LogP contribution in [0.15, 0.2) is 18.2 Å². The summed E-state index contributed by atoms with van der Waals surface area (Å²) in [6, 6.07) is 3.71. The van der Waals surface area contributed by atoms with Crippen molar-refractivity contribution in [2.24, 2.45) is 0 Å². The van der Waals surface area contributed by atoms with Gasteiger partial charge in [0.05, 0.1) is 17.1 Å². The quantitative estimate of drug-likeness (QED) is 0.307. The molecule has 0 aliphatic carbocycles. The monoisotopic (exact) mass is 297 g/mol. The van der Waals surface area contributed by atoms with Gasteiger partial charge in [-0.2, -0.15) is 0 Å². The number of aliphatic hydroxyl groups excluding tert-OH is 1. The fourth-order valence-electron chi connectivity index (χ4n) is 1.57. The van der Waals surface area contributed by atoms with Crippen LogP contribution in [0.3, 0.4) is 0 Å². The van der Waals surface area contributed by atoms with Crippen molar-refractivity contribution in [3.8, 4) is 5.75 Å². The van der Waals surface area contributed by atoms with Gasteiger partial charge in [0.1, 0.15) is 18.5 Å². The first kappa shape index (κ1) is 17.1. The Bertz CT molecular complexity index is 477. The second kappa shape index (κ2) is 9.04. The van der Waals surface area contributed by atoms with Crippen LogP contribution < -0.4 is 4.74 Å². The Labute approximate surface area is 122 Å². The number of ether oxygens (including phenoxy) is 2. The minimum absolute atomic E-state index is 0.0508. The predicted octanol–water partition coefficient (Wildman–Crippen LogP) is 1.96. The number of carbonyl (C=O) groups excluding carboxylic acids is 1. The number of nitrogens with zero attached hydrogens (tertiary/aromatic N) is 1. The highest BCUT2D eigenvalue weighted by Crippen LogP contribution is 2.22. The summed E-state index contributed by atoms with van der Waals surface area (Å²) in [5.41, 5.74) is -0.115. The van der Waals surface area contributed by atoms with Crippen LogP contribution in [0.5, 0.6) is 5.75 Å². The van der Waals surface area contributed by atoms with E-state index < -0.39 is 11.0 Å². The lowest BCUT2D eigenvalue weighted by Crippen LogP contribution is -2.24. The Hall–Kier alpha value is -1.99. The smallest absolute Gasteiger partial charge is 0.270 e. The summed E-state index contributed by atoms with van der Waals surface area (Å²) in [5, 5.41) is 20.3. The van der Waals surface area contributed by atoms with E-state index in [0.717, 1.165) is 18.9 Å². The number of nitro groups is 1. The molecule has 0 aliphatic rings. The van der Waals surface area contributed by atoms with E-state index in [0.29, 0.717) is 12.9 Å². The maximum Gasteiger partial charge on any atom is 0.270 e. The second-order valence-corrected chi connectivity index (χ2v) is 4.49. The predicted molar refractivity (Wildman–Crippen MR) is 75.7 cm³/mol. The number of aldehydes is 1. The molecule has 0 bridgehead atoms. The molecule has 1 rings (SSSR count). The summed E-state index contributed by atoms with van der Waals surface area (Å²) in [5.74, 6) is 0.197. The van der Waals surface area contributed by atoms with Crippen molar-refractivity contribution >= 4 is 12.0 Å². The lowest BCUT2D eigenvalue weighted by Gasteiger charge is -2.13.